The zero-order chi connectivity index (χ0) is 19.3. The number of likely N-dealkylation sites (tertiary alicyclic amines) is 1. The van der Waals surface area contributed by atoms with Crippen molar-refractivity contribution in [3.63, 3.8) is 0 Å². The third-order valence-electron chi connectivity index (χ3n) is 5.21. The molecule has 0 aromatic rings. The summed E-state index contributed by atoms with van der Waals surface area (Å²) in [5.41, 5.74) is -0.814. The van der Waals surface area contributed by atoms with Crippen LogP contribution < -0.4 is 5.32 Å². The van der Waals surface area contributed by atoms with E-state index in [4.69, 9.17) is 0 Å². The van der Waals surface area contributed by atoms with Gasteiger partial charge in [0.15, 0.2) is 0 Å². The SMILES string of the molecule is CCCN(CCC)C(=O)CN1C(=O)NC2(CCN(CC(C)C)CC2)C1=O. The highest BCUT2D eigenvalue weighted by molar-refractivity contribution is 6.09. The van der Waals surface area contributed by atoms with Gasteiger partial charge in [-0.05, 0) is 31.6 Å². The highest BCUT2D eigenvalue weighted by Crippen LogP contribution is 2.29. The molecule has 0 unspecified atom stereocenters. The highest BCUT2D eigenvalue weighted by Gasteiger charge is 2.52. The molecular weight excluding hydrogens is 332 g/mol. The number of imide groups is 1. The molecule has 2 rings (SSSR count). The molecule has 0 aliphatic carbocycles. The second-order valence-corrected chi connectivity index (χ2v) is 7.98. The minimum Gasteiger partial charge on any atom is -0.341 e. The molecule has 7 heteroatoms. The van der Waals surface area contributed by atoms with Crippen LogP contribution in [-0.4, -0.2) is 77.4 Å². The lowest BCUT2D eigenvalue weighted by Gasteiger charge is -2.38. The quantitative estimate of drug-likeness (QED) is 0.664. The topological polar surface area (TPSA) is 73.0 Å². The zero-order valence-electron chi connectivity index (χ0n) is 16.7. The van der Waals surface area contributed by atoms with Crippen molar-refractivity contribution in [3.05, 3.63) is 0 Å². The van der Waals surface area contributed by atoms with Crippen molar-refractivity contribution in [2.45, 2.75) is 58.9 Å². The van der Waals surface area contributed by atoms with E-state index in [1.54, 1.807) is 4.90 Å². The van der Waals surface area contributed by atoms with Gasteiger partial charge in [0.25, 0.3) is 5.91 Å². The molecule has 0 radical (unpaired) electrons. The van der Waals surface area contributed by atoms with Crippen molar-refractivity contribution < 1.29 is 14.4 Å². The minimum absolute atomic E-state index is 0.147. The van der Waals surface area contributed by atoms with E-state index in [9.17, 15) is 14.4 Å². The van der Waals surface area contributed by atoms with E-state index in [1.807, 2.05) is 13.8 Å². The molecule has 0 bridgehead atoms. The summed E-state index contributed by atoms with van der Waals surface area (Å²) >= 11 is 0. The van der Waals surface area contributed by atoms with Gasteiger partial charge in [-0.3, -0.25) is 14.5 Å². The summed E-state index contributed by atoms with van der Waals surface area (Å²) in [5.74, 6) is 0.203. The molecule has 4 amide bonds. The molecule has 2 aliphatic heterocycles. The maximum Gasteiger partial charge on any atom is 0.325 e. The molecule has 7 nitrogen and oxygen atoms in total. The van der Waals surface area contributed by atoms with Crippen molar-refractivity contribution in [1.29, 1.82) is 0 Å². The van der Waals surface area contributed by atoms with Crippen LogP contribution in [0, 0.1) is 5.92 Å². The number of nitrogens with one attached hydrogen (secondary N) is 1. The summed E-state index contributed by atoms with van der Waals surface area (Å²) in [7, 11) is 0. The van der Waals surface area contributed by atoms with Gasteiger partial charge in [-0.15, -0.1) is 0 Å². The first-order valence-electron chi connectivity index (χ1n) is 9.97. The Morgan fingerprint density at radius 2 is 1.73 bits per heavy atom. The molecular formula is C19H34N4O3. The fourth-order valence-electron chi connectivity index (χ4n) is 3.93. The second-order valence-electron chi connectivity index (χ2n) is 7.98. The highest BCUT2D eigenvalue weighted by atomic mass is 16.2. The van der Waals surface area contributed by atoms with Crippen LogP contribution in [0.3, 0.4) is 0 Å². The maximum atomic E-state index is 12.9. The third-order valence-corrected chi connectivity index (χ3v) is 5.21. The molecule has 2 fully saturated rings. The Hall–Kier alpha value is -1.63. The number of nitrogens with zero attached hydrogens (tertiary/aromatic N) is 3. The van der Waals surface area contributed by atoms with Crippen LogP contribution in [0.25, 0.3) is 0 Å². The number of hydrogen-bond donors (Lipinski definition) is 1. The number of piperidine rings is 1. The van der Waals surface area contributed by atoms with Crippen LogP contribution in [0.4, 0.5) is 4.79 Å². The Labute approximate surface area is 157 Å². The van der Waals surface area contributed by atoms with Gasteiger partial charge in [0.1, 0.15) is 12.1 Å². The fourth-order valence-corrected chi connectivity index (χ4v) is 3.93. The molecule has 0 aromatic carbocycles. The molecule has 2 aliphatic rings. The lowest BCUT2D eigenvalue weighted by atomic mass is 9.87. The first kappa shape index (κ1) is 20.7. The van der Waals surface area contributed by atoms with Gasteiger partial charge >= 0.3 is 6.03 Å². The average molecular weight is 367 g/mol. The molecule has 2 heterocycles. The fraction of sp³-hybridized carbons (Fsp3) is 0.842. The minimum atomic E-state index is -0.814. The molecule has 148 valence electrons. The monoisotopic (exact) mass is 366 g/mol. The first-order valence-corrected chi connectivity index (χ1v) is 9.97. The average Bonchev–Trinajstić information content (AvgIpc) is 2.81. The van der Waals surface area contributed by atoms with Crippen LogP contribution in [0.1, 0.15) is 53.4 Å². The standard InChI is InChI=1S/C19H34N4O3/c1-5-9-22(10-6-2)16(24)14-23-17(25)19(20-18(23)26)7-11-21(12-8-19)13-15(3)4/h15H,5-14H2,1-4H3,(H,20,26). The van der Waals surface area contributed by atoms with Crippen molar-refractivity contribution in [2.24, 2.45) is 5.92 Å². The molecule has 0 atom stereocenters. The number of carbonyl (C=O) groups excluding carboxylic acids is 3. The van der Waals surface area contributed by atoms with E-state index < -0.39 is 11.6 Å². The predicted molar refractivity (Wildman–Crippen MR) is 101 cm³/mol. The molecule has 2 saturated heterocycles. The van der Waals surface area contributed by atoms with Gasteiger partial charge in [0.2, 0.25) is 5.91 Å². The van der Waals surface area contributed by atoms with Gasteiger partial charge in [-0.2, -0.15) is 0 Å². The Bertz CT molecular complexity index is 521. The van der Waals surface area contributed by atoms with Crippen LogP contribution in [0.15, 0.2) is 0 Å². The van der Waals surface area contributed by atoms with Crippen molar-refractivity contribution in [1.82, 2.24) is 20.0 Å². The Morgan fingerprint density at radius 3 is 2.23 bits per heavy atom. The van der Waals surface area contributed by atoms with E-state index in [0.717, 1.165) is 37.4 Å². The summed E-state index contributed by atoms with van der Waals surface area (Å²) in [6.45, 7) is 12.2. The van der Waals surface area contributed by atoms with Gasteiger partial charge in [0, 0.05) is 32.7 Å². The van der Waals surface area contributed by atoms with Crippen LogP contribution in [-0.2, 0) is 9.59 Å². The Kier molecular flexibility index (Phi) is 7.03. The second kappa shape index (κ2) is 8.84. The summed E-state index contributed by atoms with van der Waals surface area (Å²) in [5, 5.41) is 2.89. The van der Waals surface area contributed by atoms with Crippen molar-refractivity contribution in [3.8, 4) is 0 Å². The zero-order valence-corrected chi connectivity index (χ0v) is 16.7. The number of rotatable bonds is 8. The molecule has 0 saturated carbocycles. The van der Waals surface area contributed by atoms with Crippen molar-refractivity contribution in [2.75, 3.05) is 39.3 Å². The number of amides is 4. The van der Waals surface area contributed by atoms with E-state index in [-0.39, 0.29) is 18.4 Å². The smallest absolute Gasteiger partial charge is 0.325 e. The lowest BCUT2D eigenvalue weighted by molar-refractivity contribution is -0.140. The molecule has 0 aromatic heterocycles. The number of carbonyl (C=O) groups is 3. The summed E-state index contributed by atoms with van der Waals surface area (Å²) in [6.07, 6.45) is 2.95. The van der Waals surface area contributed by atoms with Crippen molar-refractivity contribution >= 4 is 17.8 Å². The number of urea groups is 1. The normalized spacial score (nSPS) is 20.1. The summed E-state index contributed by atoms with van der Waals surface area (Å²) < 4.78 is 0. The summed E-state index contributed by atoms with van der Waals surface area (Å²) in [6, 6.07) is -0.423. The van der Waals surface area contributed by atoms with E-state index >= 15 is 0 Å². The van der Waals surface area contributed by atoms with Gasteiger partial charge in [-0.25, -0.2) is 4.79 Å². The molecule has 26 heavy (non-hydrogen) atoms. The van der Waals surface area contributed by atoms with Crippen LogP contribution in [0.2, 0.25) is 0 Å². The van der Waals surface area contributed by atoms with Gasteiger partial charge in [0.05, 0.1) is 0 Å². The lowest BCUT2D eigenvalue weighted by Crippen LogP contribution is -2.55. The maximum absolute atomic E-state index is 12.9. The Morgan fingerprint density at radius 1 is 1.15 bits per heavy atom. The number of hydrogen-bond acceptors (Lipinski definition) is 4. The summed E-state index contributed by atoms with van der Waals surface area (Å²) in [4.78, 5) is 43.1. The van der Waals surface area contributed by atoms with Crippen LogP contribution >= 0.6 is 0 Å². The third kappa shape index (κ3) is 4.55. The predicted octanol–water partition coefficient (Wildman–Crippen LogP) is 1.68. The molecule has 1 spiro atoms. The van der Waals surface area contributed by atoms with Crippen LogP contribution in [0.5, 0.6) is 0 Å². The largest absolute Gasteiger partial charge is 0.341 e. The van der Waals surface area contributed by atoms with E-state index in [2.05, 4.69) is 24.1 Å². The first-order chi connectivity index (χ1) is 12.3. The Balaban J connectivity index is 1.99. The van der Waals surface area contributed by atoms with E-state index in [1.165, 1.54) is 0 Å². The van der Waals surface area contributed by atoms with E-state index in [0.29, 0.717) is 31.8 Å². The van der Waals surface area contributed by atoms with Gasteiger partial charge < -0.3 is 15.1 Å². The molecule has 1 N–H and O–H groups in total. The van der Waals surface area contributed by atoms with Gasteiger partial charge in [-0.1, -0.05) is 27.7 Å².